The number of hydrogen-bond donors (Lipinski definition) is 2. The summed E-state index contributed by atoms with van der Waals surface area (Å²) in [7, 11) is 3.60. The normalized spacial score (nSPS) is 10.3. The summed E-state index contributed by atoms with van der Waals surface area (Å²) in [6.07, 6.45) is 1.48. The Morgan fingerprint density at radius 2 is 2.33 bits per heavy atom. The van der Waals surface area contributed by atoms with E-state index in [2.05, 4.69) is 15.5 Å². The largest absolute Gasteiger partial charge is 0.384 e. The lowest BCUT2D eigenvalue weighted by molar-refractivity contribution is 0.0950. The highest BCUT2D eigenvalue weighted by molar-refractivity contribution is 5.92. The first-order valence-corrected chi connectivity index (χ1v) is 4.32. The number of carbonyl (C=O) groups excluding carboxylic acids is 1. The van der Waals surface area contributed by atoms with E-state index in [0.29, 0.717) is 5.82 Å². The van der Waals surface area contributed by atoms with Crippen LogP contribution in [-0.2, 0) is 0 Å². The highest BCUT2D eigenvalue weighted by Gasteiger charge is 2.05. The van der Waals surface area contributed by atoms with Crippen LogP contribution < -0.4 is 11.2 Å². The Bertz CT molecular complexity index is 375. The van der Waals surface area contributed by atoms with Gasteiger partial charge in [-0.3, -0.25) is 4.79 Å². The molecule has 1 aromatic rings. The topological polar surface area (TPSA) is 83.6 Å². The first-order chi connectivity index (χ1) is 7.09. The number of nitrogens with two attached hydrogens (primary N) is 1. The van der Waals surface area contributed by atoms with Gasteiger partial charge in [-0.25, -0.2) is 10.4 Å². The van der Waals surface area contributed by atoms with Crippen LogP contribution in [-0.4, -0.2) is 36.2 Å². The molecule has 0 aliphatic rings. The molecule has 0 aromatic carbocycles. The third-order valence-electron chi connectivity index (χ3n) is 1.46. The molecule has 1 aromatic heterocycles. The highest BCUT2D eigenvalue weighted by atomic mass is 16.2. The number of amides is 1. The van der Waals surface area contributed by atoms with Crippen LogP contribution in [0.1, 0.15) is 10.5 Å². The van der Waals surface area contributed by atoms with Crippen LogP contribution in [0.5, 0.6) is 0 Å². The fourth-order valence-corrected chi connectivity index (χ4v) is 0.838. The van der Waals surface area contributed by atoms with Crippen molar-refractivity contribution in [3.63, 3.8) is 0 Å². The Morgan fingerprint density at radius 1 is 1.60 bits per heavy atom. The van der Waals surface area contributed by atoms with E-state index >= 15 is 0 Å². The fourth-order valence-electron chi connectivity index (χ4n) is 0.838. The molecular weight excluding hydrogens is 194 g/mol. The van der Waals surface area contributed by atoms with Crippen molar-refractivity contribution in [3.05, 3.63) is 23.9 Å². The average Bonchev–Trinajstić information content (AvgIpc) is 2.17. The summed E-state index contributed by atoms with van der Waals surface area (Å²) in [5, 5.41) is 3.70. The van der Waals surface area contributed by atoms with Crippen LogP contribution in [0.25, 0.3) is 0 Å². The second-order valence-corrected chi connectivity index (χ2v) is 3.10. The van der Waals surface area contributed by atoms with Crippen molar-refractivity contribution in [1.82, 2.24) is 15.3 Å². The molecule has 1 heterocycles. The Hall–Kier alpha value is -2.11. The van der Waals surface area contributed by atoms with Gasteiger partial charge in [0.2, 0.25) is 0 Å². The maximum absolute atomic E-state index is 11.4. The summed E-state index contributed by atoms with van der Waals surface area (Å²) in [5.74, 6) is -0.0837. The highest BCUT2D eigenvalue weighted by Crippen LogP contribution is 1.99. The second-order valence-electron chi connectivity index (χ2n) is 3.10. The number of rotatable bonds is 3. The number of hydrazone groups is 1. The molecule has 0 aliphatic carbocycles. The Labute approximate surface area is 87.8 Å². The minimum absolute atomic E-state index is 0.242. The minimum Gasteiger partial charge on any atom is -0.384 e. The molecule has 0 unspecified atom stereocenters. The molecule has 80 valence electrons. The Kier molecular flexibility index (Phi) is 3.61. The van der Waals surface area contributed by atoms with Gasteiger partial charge in [0.1, 0.15) is 17.9 Å². The molecule has 6 nitrogen and oxygen atoms in total. The number of anilines is 1. The van der Waals surface area contributed by atoms with Crippen molar-refractivity contribution in [2.75, 3.05) is 19.8 Å². The van der Waals surface area contributed by atoms with Crippen molar-refractivity contribution in [2.24, 2.45) is 5.10 Å². The molecule has 15 heavy (non-hydrogen) atoms. The smallest absolute Gasteiger partial charge is 0.290 e. The summed E-state index contributed by atoms with van der Waals surface area (Å²) in [6, 6.07) is 4.84. The van der Waals surface area contributed by atoms with Crippen LogP contribution in [0.15, 0.2) is 23.3 Å². The van der Waals surface area contributed by atoms with E-state index in [4.69, 9.17) is 5.73 Å². The lowest BCUT2D eigenvalue weighted by Gasteiger charge is -2.03. The molecule has 0 fully saturated rings. The van der Waals surface area contributed by atoms with Crippen LogP contribution >= 0.6 is 0 Å². The van der Waals surface area contributed by atoms with E-state index in [1.165, 1.54) is 6.34 Å². The van der Waals surface area contributed by atoms with Crippen LogP contribution in [0.2, 0.25) is 0 Å². The van der Waals surface area contributed by atoms with E-state index < -0.39 is 0 Å². The summed E-state index contributed by atoms with van der Waals surface area (Å²) < 4.78 is 0. The molecule has 1 rings (SSSR count). The van der Waals surface area contributed by atoms with Crippen LogP contribution in [0, 0.1) is 0 Å². The number of pyridine rings is 1. The van der Waals surface area contributed by atoms with Crippen LogP contribution in [0.3, 0.4) is 0 Å². The molecule has 6 heteroatoms. The third kappa shape index (κ3) is 3.63. The van der Waals surface area contributed by atoms with Gasteiger partial charge in [0.05, 0.1) is 0 Å². The monoisotopic (exact) mass is 207 g/mol. The molecular formula is C9H13N5O. The van der Waals surface area contributed by atoms with Crippen molar-refractivity contribution in [1.29, 1.82) is 0 Å². The lowest BCUT2D eigenvalue weighted by Crippen LogP contribution is -2.21. The minimum atomic E-state index is -0.389. The van der Waals surface area contributed by atoms with E-state index in [0.717, 1.165) is 0 Å². The van der Waals surface area contributed by atoms with Gasteiger partial charge < -0.3 is 10.6 Å². The number of nitrogens with zero attached hydrogens (tertiary/aromatic N) is 3. The maximum Gasteiger partial charge on any atom is 0.290 e. The summed E-state index contributed by atoms with van der Waals surface area (Å²) in [4.78, 5) is 17.0. The van der Waals surface area contributed by atoms with Gasteiger partial charge in [0.25, 0.3) is 5.91 Å². The Balaban J connectivity index is 2.62. The zero-order valence-corrected chi connectivity index (χ0v) is 8.64. The third-order valence-corrected chi connectivity index (χ3v) is 1.46. The quantitative estimate of drug-likeness (QED) is 0.412. The summed E-state index contributed by atoms with van der Waals surface area (Å²) >= 11 is 0. The first kappa shape index (κ1) is 11.0. The predicted octanol–water partition coefficient (Wildman–Crippen LogP) is -0.102. The lowest BCUT2D eigenvalue weighted by atomic mass is 10.3. The zero-order valence-electron chi connectivity index (χ0n) is 8.64. The molecule has 0 saturated heterocycles. The molecule has 0 saturated carbocycles. The summed E-state index contributed by atoms with van der Waals surface area (Å²) in [6.45, 7) is 0. The standard InChI is InChI=1S/C9H13N5O/c1-14(2)6-11-13-9(15)7-4-3-5-8(10)12-7/h3-6H,1-2H3,(H2,10,12)(H,13,15). The molecule has 0 aliphatic heterocycles. The van der Waals surface area contributed by atoms with Gasteiger partial charge in [-0.15, -0.1) is 0 Å². The number of carbonyl (C=O) groups is 1. The molecule has 0 bridgehead atoms. The molecule has 0 radical (unpaired) electrons. The molecule has 0 spiro atoms. The maximum atomic E-state index is 11.4. The number of aromatic nitrogens is 1. The van der Waals surface area contributed by atoms with Crippen molar-refractivity contribution in [2.45, 2.75) is 0 Å². The van der Waals surface area contributed by atoms with Crippen LogP contribution in [0.4, 0.5) is 5.82 Å². The zero-order chi connectivity index (χ0) is 11.3. The first-order valence-electron chi connectivity index (χ1n) is 4.32. The molecule has 1 amide bonds. The Morgan fingerprint density at radius 3 is 2.93 bits per heavy atom. The fraction of sp³-hybridized carbons (Fsp3) is 0.222. The summed E-state index contributed by atoms with van der Waals surface area (Å²) in [5.41, 5.74) is 8.01. The number of nitrogen functional groups attached to an aromatic ring is 1. The molecule has 0 atom stereocenters. The van der Waals surface area contributed by atoms with E-state index in [9.17, 15) is 4.79 Å². The van der Waals surface area contributed by atoms with Gasteiger partial charge in [0.15, 0.2) is 0 Å². The SMILES string of the molecule is CN(C)C=NNC(=O)c1cccc(N)n1. The second kappa shape index (κ2) is 4.94. The van der Waals surface area contributed by atoms with Crippen molar-refractivity contribution >= 4 is 18.1 Å². The van der Waals surface area contributed by atoms with Gasteiger partial charge >= 0.3 is 0 Å². The van der Waals surface area contributed by atoms with E-state index in [1.54, 1.807) is 37.2 Å². The van der Waals surface area contributed by atoms with Gasteiger partial charge in [-0.05, 0) is 12.1 Å². The predicted molar refractivity (Wildman–Crippen MR) is 58.3 cm³/mol. The number of hydrogen-bond acceptors (Lipinski definition) is 4. The van der Waals surface area contributed by atoms with Gasteiger partial charge in [-0.2, -0.15) is 5.10 Å². The van der Waals surface area contributed by atoms with Crippen molar-refractivity contribution < 1.29 is 4.79 Å². The average molecular weight is 207 g/mol. The van der Waals surface area contributed by atoms with Crippen molar-refractivity contribution in [3.8, 4) is 0 Å². The van der Waals surface area contributed by atoms with E-state index in [1.807, 2.05) is 0 Å². The molecule has 3 N–H and O–H groups in total. The van der Waals surface area contributed by atoms with E-state index in [-0.39, 0.29) is 11.6 Å². The van der Waals surface area contributed by atoms with Gasteiger partial charge in [-0.1, -0.05) is 6.07 Å². The van der Waals surface area contributed by atoms with Gasteiger partial charge in [0, 0.05) is 14.1 Å². The number of nitrogens with one attached hydrogen (secondary N) is 1.